The number of hydrogen-bond acceptors (Lipinski definition) is 7. The van der Waals surface area contributed by atoms with Gasteiger partial charge in [-0.3, -0.25) is 4.79 Å². The number of rotatable bonds is 7. The minimum absolute atomic E-state index is 0.0952. The zero-order valence-corrected chi connectivity index (χ0v) is 15.5. The van der Waals surface area contributed by atoms with Gasteiger partial charge in [0, 0.05) is 18.7 Å². The Balaban J connectivity index is 1.55. The molecule has 2 heterocycles. The van der Waals surface area contributed by atoms with Crippen molar-refractivity contribution in [2.24, 2.45) is 0 Å². The van der Waals surface area contributed by atoms with Gasteiger partial charge in [-0.05, 0) is 11.4 Å². The highest BCUT2D eigenvalue weighted by Gasteiger charge is 2.24. The minimum Gasteiger partial charge on any atom is -0.458 e. The molecule has 9 heteroatoms. The first kappa shape index (κ1) is 18.3. The van der Waals surface area contributed by atoms with E-state index in [4.69, 9.17) is 9.26 Å². The molecule has 1 aromatic carbocycles. The number of carbonyl (C=O) groups excluding carboxylic acids is 1. The number of carbonyl (C=O) groups is 1. The Morgan fingerprint density at radius 2 is 2.00 bits per heavy atom. The number of benzene rings is 1. The van der Waals surface area contributed by atoms with E-state index in [9.17, 15) is 13.2 Å². The number of aromatic nitrogens is 1. The highest BCUT2D eigenvalue weighted by Crippen LogP contribution is 2.21. The molecule has 0 saturated carbocycles. The van der Waals surface area contributed by atoms with Crippen LogP contribution in [0.3, 0.4) is 0 Å². The number of ether oxygens (including phenoxy) is 1. The molecule has 26 heavy (non-hydrogen) atoms. The molecule has 0 fully saturated rings. The van der Waals surface area contributed by atoms with Crippen LogP contribution in [0, 0.1) is 0 Å². The van der Waals surface area contributed by atoms with Gasteiger partial charge in [0.1, 0.15) is 23.1 Å². The predicted octanol–water partition coefficient (Wildman–Crippen LogP) is 2.77. The molecule has 0 radical (unpaired) electrons. The molecule has 0 spiro atoms. The Morgan fingerprint density at radius 1 is 1.23 bits per heavy atom. The number of nitrogens with zero attached hydrogens (tertiary/aromatic N) is 2. The summed E-state index contributed by atoms with van der Waals surface area (Å²) in [6, 6.07) is 14.2. The lowest BCUT2D eigenvalue weighted by molar-refractivity contribution is -0.145. The normalized spacial score (nSPS) is 11.6. The van der Waals surface area contributed by atoms with Crippen molar-refractivity contribution in [3.8, 4) is 11.3 Å². The second-order valence-electron chi connectivity index (χ2n) is 5.40. The zero-order valence-electron chi connectivity index (χ0n) is 13.9. The van der Waals surface area contributed by atoms with E-state index in [0.29, 0.717) is 11.5 Å². The predicted molar refractivity (Wildman–Crippen MR) is 95.9 cm³/mol. The fraction of sp³-hybridized carbons (Fsp3) is 0.176. The van der Waals surface area contributed by atoms with E-state index in [1.165, 1.54) is 13.1 Å². The van der Waals surface area contributed by atoms with Crippen molar-refractivity contribution in [1.82, 2.24) is 9.46 Å². The number of thiophene rings is 1. The van der Waals surface area contributed by atoms with Gasteiger partial charge in [-0.2, -0.15) is 4.31 Å². The fourth-order valence-electron chi connectivity index (χ4n) is 2.15. The topological polar surface area (TPSA) is 89.7 Å². The average Bonchev–Trinajstić information content (AvgIpc) is 3.33. The lowest BCUT2D eigenvalue weighted by Gasteiger charge is -2.14. The Hall–Kier alpha value is -2.49. The molecule has 2 aromatic heterocycles. The fourth-order valence-corrected chi connectivity index (χ4v) is 4.47. The summed E-state index contributed by atoms with van der Waals surface area (Å²) in [5.41, 5.74) is 1.31. The van der Waals surface area contributed by atoms with Crippen LogP contribution in [0.15, 0.2) is 62.6 Å². The molecule has 0 bridgehead atoms. The van der Waals surface area contributed by atoms with E-state index >= 15 is 0 Å². The Bertz CT molecular complexity index is 966. The summed E-state index contributed by atoms with van der Waals surface area (Å²) in [5.74, 6) is -0.106. The third kappa shape index (κ3) is 4.18. The van der Waals surface area contributed by atoms with E-state index in [1.807, 2.05) is 30.3 Å². The van der Waals surface area contributed by atoms with Gasteiger partial charge in [-0.25, -0.2) is 8.42 Å². The summed E-state index contributed by atoms with van der Waals surface area (Å²) in [6.45, 7) is -0.480. The lowest BCUT2D eigenvalue weighted by Crippen LogP contribution is -2.32. The Labute approximate surface area is 154 Å². The molecule has 3 aromatic rings. The van der Waals surface area contributed by atoms with Crippen LogP contribution in [0.25, 0.3) is 11.3 Å². The van der Waals surface area contributed by atoms with Crippen molar-refractivity contribution in [2.75, 3.05) is 13.6 Å². The van der Waals surface area contributed by atoms with Gasteiger partial charge in [0.15, 0.2) is 5.76 Å². The smallest absolute Gasteiger partial charge is 0.321 e. The van der Waals surface area contributed by atoms with Gasteiger partial charge >= 0.3 is 5.97 Å². The van der Waals surface area contributed by atoms with Crippen LogP contribution in [0.5, 0.6) is 0 Å². The molecule has 0 aliphatic carbocycles. The van der Waals surface area contributed by atoms with Crippen LogP contribution >= 0.6 is 11.3 Å². The SMILES string of the molecule is CN(CC(=O)OCc1cc(-c2ccccc2)on1)S(=O)(=O)c1cccs1. The third-order valence-corrected chi connectivity index (χ3v) is 6.69. The summed E-state index contributed by atoms with van der Waals surface area (Å²) in [4.78, 5) is 11.9. The molecule has 136 valence electrons. The molecule has 0 aliphatic heterocycles. The summed E-state index contributed by atoms with van der Waals surface area (Å²) < 4.78 is 36.0. The molecule has 0 atom stereocenters. The molecular formula is C17H16N2O5S2. The first-order valence-corrected chi connectivity index (χ1v) is 9.95. The number of hydrogen-bond donors (Lipinski definition) is 0. The number of sulfonamides is 1. The number of esters is 1. The second kappa shape index (κ2) is 7.81. The molecule has 0 amide bonds. The van der Waals surface area contributed by atoms with Crippen LogP contribution in [0.1, 0.15) is 5.69 Å². The van der Waals surface area contributed by atoms with Crippen molar-refractivity contribution in [1.29, 1.82) is 0 Å². The van der Waals surface area contributed by atoms with Crippen LogP contribution in [-0.2, 0) is 26.2 Å². The minimum atomic E-state index is -3.69. The highest BCUT2D eigenvalue weighted by atomic mass is 32.2. The molecular weight excluding hydrogens is 376 g/mol. The van der Waals surface area contributed by atoms with Gasteiger partial charge in [0.05, 0.1) is 0 Å². The largest absolute Gasteiger partial charge is 0.458 e. The maximum Gasteiger partial charge on any atom is 0.321 e. The van der Waals surface area contributed by atoms with Crippen LogP contribution in [0.2, 0.25) is 0 Å². The summed E-state index contributed by atoms with van der Waals surface area (Å²) >= 11 is 1.09. The standard InChI is InChI=1S/C17H16N2O5S2/c1-19(26(21,22)17-8-5-9-25-17)11-16(20)23-12-14-10-15(24-18-14)13-6-3-2-4-7-13/h2-10H,11-12H2,1H3. The van der Waals surface area contributed by atoms with Gasteiger partial charge in [0.25, 0.3) is 10.0 Å². The van der Waals surface area contributed by atoms with Crippen molar-refractivity contribution < 1.29 is 22.5 Å². The van der Waals surface area contributed by atoms with E-state index in [-0.39, 0.29) is 17.4 Å². The third-order valence-electron chi connectivity index (χ3n) is 3.51. The maximum absolute atomic E-state index is 12.3. The van der Waals surface area contributed by atoms with Crippen molar-refractivity contribution in [3.05, 3.63) is 59.6 Å². The summed E-state index contributed by atoms with van der Waals surface area (Å²) in [6.07, 6.45) is 0. The Kier molecular flexibility index (Phi) is 5.50. The summed E-state index contributed by atoms with van der Waals surface area (Å²) in [7, 11) is -2.36. The van der Waals surface area contributed by atoms with Crippen molar-refractivity contribution in [2.45, 2.75) is 10.8 Å². The molecule has 7 nitrogen and oxygen atoms in total. The Morgan fingerprint density at radius 3 is 2.69 bits per heavy atom. The molecule has 0 aliphatic rings. The first-order valence-electron chi connectivity index (χ1n) is 7.63. The lowest BCUT2D eigenvalue weighted by atomic mass is 10.2. The molecule has 0 unspecified atom stereocenters. The molecule has 0 N–H and O–H groups in total. The van der Waals surface area contributed by atoms with Gasteiger partial charge in [-0.1, -0.05) is 41.6 Å². The zero-order chi connectivity index (χ0) is 18.6. The van der Waals surface area contributed by atoms with Crippen molar-refractivity contribution >= 4 is 27.3 Å². The van der Waals surface area contributed by atoms with Crippen LogP contribution in [0.4, 0.5) is 0 Å². The van der Waals surface area contributed by atoms with Crippen LogP contribution in [-0.4, -0.2) is 37.4 Å². The summed E-state index contributed by atoms with van der Waals surface area (Å²) in [5, 5.41) is 5.51. The van der Waals surface area contributed by atoms with Gasteiger partial charge in [0.2, 0.25) is 0 Å². The van der Waals surface area contributed by atoms with E-state index in [1.54, 1.807) is 17.5 Å². The van der Waals surface area contributed by atoms with Crippen LogP contribution < -0.4 is 0 Å². The highest BCUT2D eigenvalue weighted by molar-refractivity contribution is 7.91. The molecule has 3 rings (SSSR count). The van der Waals surface area contributed by atoms with Crippen molar-refractivity contribution in [3.63, 3.8) is 0 Å². The number of likely N-dealkylation sites (N-methyl/N-ethyl adjacent to an activating group) is 1. The molecule has 0 saturated heterocycles. The quantitative estimate of drug-likeness (QED) is 0.575. The monoisotopic (exact) mass is 392 g/mol. The van der Waals surface area contributed by atoms with E-state index in [0.717, 1.165) is 21.2 Å². The van der Waals surface area contributed by atoms with E-state index in [2.05, 4.69) is 5.16 Å². The second-order valence-corrected chi connectivity index (χ2v) is 8.62. The maximum atomic E-state index is 12.3. The van der Waals surface area contributed by atoms with E-state index < -0.39 is 16.0 Å². The average molecular weight is 392 g/mol. The first-order chi connectivity index (χ1) is 12.5. The van der Waals surface area contributed by atoms with Gasteiger partial charge < -0.3 is 9.26 Å². The van der Waals surface area contributed by atoms with Gasteiger partial charge in [-0.15, -0.1) is 11.3 Å².